The molecule has 0 saturated heterocycles. The van der Waals surface area contributed by atoms with Crippen LogP contribution in [0.15, 0.2) is 188 Å². The van der Waals surface area contributed by atoms with E-state index in [1.807, 2.05) is 12.4 Å². The number of aromatic nitrogens is 4. The van der Waals surface area contributed by atoms with Crippen LogP contribution in [0.2, 0.25) is 0 Å². The third-order valence-electron chi connectivity index (χ3n) is 10.9. The minimum atomic E-state index is 0.0561. The van der Waals surface area contributed by atoms with Crippen molar-refractivity contribution in [3.8, 4) is 33.9 Å². The lowest BCUT2D eigenvalue weighted by atomic mass is 9.89. The van der Waals surface area contributed by atoms with Crippen molar-refractivity contribution in [2.45, 2.75) is 12.0 Å². The van der Waals surface area contributed by atoms with Gasteiger partial charge in [0.05, 0.1) is 28.3 Å². The van der Waals surface area contributed by atoms with Crippen molar-refractivity contribution in [3.63, 3.8) is 0 Å². The lowest BCUT2D eigenvalue weighted by molar-refractivity contribution is 0.746. The van der Waals surface area contributed by atoms with E-state index in [2.05, 4.69) is 195 Å². The number of anilines is 2. The van der Waals surface area contributed by atoms with Crippen LogP contribution in [0.5, 0.6) is 0 Å². The van der Waals surface area contributed by atoms with Gasteiger partial charge in [-0.2, -0.15) is 0 Å². The Kier molecular flexibility index (Phi) is 6.61. The van der Waals surface area contributed by atoms with E-state index in [4.69, 9.17) is 4.98 Å². The summed E-state index contributed by atoms with van der Waals surface area (Å²) < 4.78 is 4.86. The SMILES string of the molecule is C1=CC2c3c(c4c(nc(-c5ccncc5)n4-c4ccccc4)c4c5ccccc5n(-c5ccccc5)c34)N(c3cccc(-c4ccccc4)c3)C2C=C1. The molecule has 0 radical (unpaired) electrons. The van der Waals surface area contributed by atoms with Crippen molar-refractivity contribution in [1.29, 1.82) is 0 Å². The fourth-order valence-corrected chi connectivity index (χ4v) is 8.74. The van der Waals surface area contributed by atoms with E-state index in [1.165, 1.54) is 44.2 Å². The zero-order valence-electron chi connectivity index (χ0n) is 28.8. The molecule has 0 amide bonds. The third kappa shape index (κ3) is 4.44. The highest BCUT2D eigenvalue weighted by molar-refractivity contribution is 6.25. The van der Waals surface area contributed by atoms with E-state index in [9.17, 15) is 0 Å². The topological polar surface area (TPSA) is 38.9 Å². The van der Waals surface area contributed by atoms with Crippen molar-refractivity contribution < 1.29 is 0 Å². The standard InChI is InChI=1S/C48H33N5/c1-4-15-32(16-5-1)34-17-14-22-37(31-34)52-41-26-13-11-24-39(41)43-45-42(38-23-10-12-25-40(38)51(45)35-18-6-2-7-19-35)44-47(46(43)52)53(36-20-8-3-9-21-36)48(50-44)33-27-29-49-30-28-33/h1-31,39,41H. The van der Waals surface area contributed by atoms with Crippen molar-refractivity contribution in [1.82, 2.24) is 19.1 Å². The van der Waals surface area contributed by atoms with Crippen molar-refractivity contribution in [2.75, 3.05) is 4.90 Å². The Morgan fingerprint density at radius 2 is 1.15 bits per heavy atom. The average molecular weight is 680 g/mol. The van der Waals surface area contributed by atoms with Gasteiger partial charge in [0.25, 0.3) is 0 Å². The summed E-state index contributed by atoms with van der Waals surface area (Å²) in [6.45, 7) is 0. The van der Waals surface area contributed by atoms with Crippen molar-refractivity contribution in [3.05, 3.63) is 194 Å². The second-order valence-electron chi connectivity index (χ2n) is 13.8. The highest BCUT2D eigenvalue weighted by atomic mass is 15.2. The van der Waals surface area contributed by atoms with Gasteiger partial charge in [-0.1, -0.05) is 121 Å². The summed E-state index contributed by atoms with van der Waals surface area (Å²) >= 11 is 0. The van der Waals surface area contributed by atoms with E-state index >= 15 is 0 Å². The van der Waals surface area contributed by atoms with Gasteiger partial charge in [-0.3, -0.25) is 9.55 Å². The molecule has 0 fully saturated rings. The summed E-state index contributed by atoms with van der Waals surface area (Å²) in [4.78, 5) is 12.7. The van der Waals surface area contributed by atoms with Gasteiger partial charge < -0.3 is 9.47 Å². The van der Waals surface area contributed by atoms with E-state index in [0.29, 0.717) is 0 Å². The first kappa shape index (κ1) is 29.7. The number of imidazole rings is 1. The lowest BCUT2D eigenvalue weighted by Gasteiger charge is -2.29. The molecule has 0 N–H and O–H groups in total. The number of para-hydroxylation sites is 3. The van der Waals surface area contributed by atoms with Crippen LogP contribution in [-0.2, 0) is 0 Å². The van der Waals surface area contributed by atoms with Crippen LogP contribution in [0.1, 0.15) is 11.5 Å². The Morgan fingerprint density at radius 3 is 1.92 bits per heavy atom. The maximum Gasteiger partial charge on any atom is 0.145 e. The summed E-state index contributed by atoms with van der Waals surface area (Å²) in [5, 5.41) is 2.36. The van der Waals surface area contributed by atoms with Gasteiger partial charge in [0.15, 0.2) is 0 Å². The first-order valence-corrected chi connectivity index (χ1v) is 18.2. The molecule has 250 valence electrons. The van der Waals surface area contributed by atoms with E-state index in [1.54, 1.807) is 0 Å². The highest BCUT2D eigenvalue weighted by Crippen LogP contribution is 2.57. The number of rotatable bonds is 5. The molecule has 9 aromatic rings. The molecule has 1 aliphatic heterocycles. The molecule has 2 aliphatic rings. The monoisotopic (exact) mass is 679 g/mol. The van der Waals surface area contributed by atoms with Crippen molar-refractivity contribution in [2.24, 2.45) is 0 Å². The molecular weight excluding hydrogens is 647 g/mol. The fourth-order valence-electron chi connectivity index (χ4n) is 8.74. The molecular formula is C48H33N5. The van der Waals surface area contributed by atoms with Gasteiger partial charge in [0, 0.05) is 57.3 Å². The molecule has 1 aliphatic carbocycles. The van der Waals surface area contributed by atoms with Crippen LogP contribution in [0.3, 0.4) is 0 Å². The Labute approximate surface area is 307 Å². The molecule has 2 unspecified atom stereocenters. The molecule has 5 nitrogen and oxygen atoms in total. The zero-order chi connectivity index (χ0) is 34.9. The van der Waals surface area contributed by atoms with Gasteiger partial charge in [0.2, 0.25) is 0 Å². The molecule has 53 heavy (non-hydrogen) atoms. The summed E-state index contributed by atoms with van der Waals surface area (Å²) in [6, 6.07) is 54.2. The normalized spacial score (nSPS) is 16.1. The number of benzene rings is 6. The molecule has 0 bridgehead atoms. The zero-order valence-corrected chi connectivity index (χ0v) is 28.8. The smallest absolute Gasteiger partial charge is 0.145 e. The van der Waals surface area contributed by atoms with Crippen LogP contribution >= 0.6 is 0 Å². The first-order chi connectivity index (χ1) is 26.3. The fraction of sp³-hybridized carbons (Fsp3) is 0.0417. The maximum atomic E-state index is 5.69. The van der Waals surface area contributed by atoms with Gasteiger partial charge in [-0.25, -0.2) is 4.98 Å². The van der Waals surface area contributed by atoms with E-state index in [-0.39, 0.29) is 12.0 Å². The number of fused-ring (bicyclic) bond motifs is 10. The first-order valence-electron chi connectivity index (χ1n) is 18.2. The summed E-state index contributed by atoms with van der Waals surface area (Å²) in [6.07, 6.45) is 12.9. The number of hydrogen-bond donors (Lipinski definition) is 0. The Bertz CT molecular complexity index is 2890. The predicted molar refractivity (Wildman–Crippen MR) is 217 cm³/mol. The lowest BCUT2D eigenvalue weighted by Crippen LogP contribution is -2.28. The Balaban J connectivity index is 1.37. The second kappa shape index (κ2) is 11.8. The van der Waals surface area contributed by atoms with Crippen LogP contribution in [0.4, 0.5) is 11.4 Å². The van der Waals surface area contributed by atoms with Gasteiger partial charge >= 0.3 is 0 Å². The molecule has 3 aromatic heterocycles. The van der Waals surface area contributed by atoms with Gasteiger partial charge in [-0.15, -0.1) is 0 Å². The minimum Gasteiger partial charge on any atom is -0.331 e. The number of nitrogens with zero attached hydrogens (tertiary/aromatic N) is 5. The summed E-state index contributed by atoms with van der Waals surface area (Å²) in [5.74, 6) is 0.983. The average Bonchev–Trinajstić information content (AvgIpc) is 3.91. The molecule has 0 saturated carbocycles. The van der Waals surface area contributed by atoms with E-state index < -0.39 is 0 Å². The van der Waals surface area contributed by atoms with Crippen molar-refractivity contribution >= 4 is 44.2 Å². The number of pyridine rings is 1. The molecule has 4 heterocycles. The van der Waals surface area contributed by atoms with Crippen LogP contribution < -0.4 is 4.90 Å². The van der Waals surface area contributed by atoms with E-state index in [0.717, 1.165) is 39.5 Å². The molecule has 6 aromatic carbocycles. The maximum absolute atomic E-state index is 5.69. The Morgan fingerprint density at radius 1 is 0.509 bits per heavy atom. The summed E-state index contributed by atoms with van der Waals surface area (Å²) in [5.41, 5.74) is 13.7. The molecule has 11 rings (SSSR count). The van der Waals surface area contributed by atoms with Crippen LogP contribution in [0.25, 0.3) is 66.7 Å². The molecule has 0 spiro atoms. The van der Waals surface area contributed by atoms with Crippen LogP contribution in [0, 0.1) is 0 Å². The quantitative estimate of drug-likeness (QED) is 0.182. The predicted octanol–water partition coefficient (Wildman–Crippen LogP) is 11.6. The number of allylic oxidation sites excluding steroid dienone is 2. The highest BCUT2D eigenvalue weighted by Gasteiger charge is 2.43. The van der Waals surface area contributed by atoms with Gasteiger partial charge in [0.1, 0.15) is 11.3 Å². The largest absolute Gasteiger partial charge is 0.331 e. The van der Waals surface area contributed by atoms with Crippen LogP contribution in [-0.4, -0.2) is 25.1 Å². The molecule has 5 heteroatoms. The summed E-state index contributed by atoms with van der Waals surface area (Å²) in [7, 11) is 0. The Hall–Kier alpha value is -6.98. The molecule has 2 atom stereocenters. The van der Waals surface area contributed by atoms with Gasteiger partial charge in [-0.05, 0) is 65.7 Å². The number of hydrogen-bond acceptors (Lipinski definition) is 3. The minimum absolute atomic E-state index is 0.0561. The second-order valence-corrected chi connectivity index (χ2v) is 13.8. The third-order valence-corrected chi connectivity index (χ3v) is 10.9.